The van der Waals surface area contributed by atoms with Crippen molar-refractivity contribution in [3.05, 3.63) is 230 Å². The van der Waals surface area contributed by atoms with Gasteiger partial charge in [0.05, 0.1) is 16.7 Å². The Balaban J connectivity index is 0.000000233. The predicted molar refractivity (Wildman–Crippen MR) is 279 cm³/mol. The molecule has 0 saturated carbocycles. The number of nitrogens with zero attached hydrogens (tertiary/aromatic N) is 2. The summed E-state index contributed by atoms with van der Waals surface area (Å²) in [7, 11) is 0. The van der Waals surface area contributed by atoms with Gasteiger partial charge in [-0.05, 0) is 139 Å². The number of rotatable bonds is 9. The van der Waals surface area contributed by atoms with Crippen molar-refractivity contribution in [2.75, 3.05) is 4.90 Å². The van der Waals surface area contributed by atoms with Crippen LogP contribution in [-0.4, -0.2) is 4.57 Å². The second-order valence-corrected chi connectivity index (χ2v) is 15.9. The first-order valence-corrected chi connectivity index (χ1v) is 22.3. The Morgan fingerprint density at radius 3 is 2.05 bits per heavy atom. The molecule has 1 aliphatic carbocycles. The van der Waals surface area contributed by atoms with Crippen LogP contribution in [0.1, 0.15) is 63.8 Å². The Bertz CT molecular complexity index is 3320. The summed E-state index contributed by atoms with van der Waals surface area (Å²) in [5.41, 5.74) is 19.4. The number of aromatic nitrogens is 1. The van der Waals surface area contributed by atoms with E-state index in [2.05, 4.69) is 187 Å². The lowest BCUT2D eigenvalue weighted by molar-refractivity contribution is 0.669. The van der Waals surface area contributed by atoms with Crippen LogP contribution in [-0.2, 0) is 6.42 Å². The fraction of sp³-hybridized carbons (Fsp3) is 0.115. The molecule has 64 heavy (non-hydrogen) atoms. The Labute approximate surface area is 378 Å². The Morgan fingerprint density at radius 2 is 1.27 bits per heavy atom. The smallest absolute Gasteiger partial charge is 0.135 e. The van der Waals surface area contributed by atoms with E-state index < -0.39 is 0 Å². The average Bonchev–Trinajstić information content (AvgIpc) is 4.00. The fourth-order valence-corrected chi connectivity index (χ4v) is 9.05. The average molecular weight is 833 g/mol. The number of anilines is 1. The first-order valence-electron chi connectivity index (χ1n) is 22.3. The second-order valence-electron chi connectivity index (χ2n) is 15.9. The molecular weight excluding hydrogens is 777 g/mol. The zero-order valence-electron chi connectivity index (χ0n) is 38.0. The van der Waals surface area contributed by atoms with Crippen molar-refractivity contribution in [2.45, 2.75) is 48.0 Å². The third-order valence-corrected chi connectivity index (χ3v) is 11.8. The van der Waals surface area contributed by atoms with Gasteiger partial charge in [0, 0.05) is 44.7 Å². The van der Waals surface area contributed by atoms with Crippen molar-refractivity contribution in [3.63, 3.8) is 0 Å². The van der Waals surface area contributed by atoms with Crippen LogP contribution < -0.4 is 4.90 Å². The Morgan fingerprint density at radius 1 is 0.578 bits per heavy atom. The van der Waals surface area contributed by atoms with Crippen molar-refractivity contribution >= 4 is 60.6 Å². The maximum Gasteiger partial charge on any atom is 0.135 e. The van der Waals surface area contributed by atoms with E-state index in [9.17, 15) is 0 Å². The molecule has 2 heterocycles. The van der Waals surface area contributed by atoms with E-state index in [-0.39, 0.29) is 0 Å². The largest absolute Gasteiger partial charge is 0.456 e. The van der Waals surface area contributed by atoms with Crippen LogP contribution in [0.15, 0.2) is 212 Å². The normalized spacial score (nSPS) is 11.8. The lowest BCUT2D eigenvalue weighted by Gasteiger charge is -2.25. The molecule has 0 aliphatic heterocycles. The molecule has 0 amide bonds. The van der Waals surface area contributed by atoms with Crippen LogP contribution in [0.2, 0.25) is 0 Å². The molecule has 7 aromatic carbocycles. The number of hydrogen-bond acceptors (Lipinski definition) is 2. The number of hydrogen-bond donors (Lipinski definition) is 0. The number of para-hydroxylation sites is 2. The van der Waals surface area contributed by atoms with Gasteiger partial charge in [-0.3, -0.25) is 0 Å². The standard InChI is InChI=1S/C41H34N2O.C18H16.C2H6/c1-6-13-28(5)40-36(42(24-7-2)27(3)4)21-22-37-41(40)33-17-8-10-18-35(33)43(37)31-15-12-14-29(25-31)30-20-23-39-34(26-30)32-16-9-11-19-38(32)44-39;1-3-6-13(2)14-9-10-16-11-15-7-4-5-8-17(15)18(16)12-14;1-2/h6-26H,3,5H2,1-2,4H3;3-10,12H,2,11H2,1H3;1-2H3/b13-6-,24-7-;6-3-;. The second kappa shape index (κ2) is 18.8. The van der Waals surface area contributed by atoms with Crippen molar-refractivity contribution in [3.8, 4) is 27.9 Å². The van der Waals surface area contributed by atoms with Gasteiger partial charge in [-0.15, -0.1) is 0 Å². The molecule has 9 aromatic rings. The van der Waals surface area contributed by atoms with E-state index in [4.69, 9.17) is 4.42 Å². The minimum atomic E-state index is 0.903. The van der Waals surface area contributed by atoms with Crippen LogP contribution in [0.4, 0.5) is 5.69 Å². The molecule has 0 unspecified atom stereocenters. The van der Waals surface area contributed by atoms with E-state index in [1.165, 1.54) is 38.6 Å². The van der Waals surface area contributed by atoms with Crippen molar-refractivity contribution in [1.29, 1.82) is 0 Å². The molecule has 0 fully saturated rings. The summed E-state index contributed by atoms with van der Waals surface area (Å²) in [6, 6.07) is 51.9. The highest BCUT2D eigenvalue weighted by Gasteiger charge is 2.22. The zero-order valence-corrected chi connectivity index (χ0v) is 38.0. The molecule has 0 saturated heterocycles. The van der Waals surface area contributed by atoms with E-state index in [0.29, 0.717) is 0 Å². The summed E-state index contributed by atoms with van der Waals surface area (Å²) in [6.07, 6.45) is 13.4. The predicted octanol–water partition coefficient (Wildman–Crippen LogP) is 17.7. The van der Waals surface area contributed by atoms with Gasteiger partial charge in [-0.25, -0.2) is 0 Å². The van der Waals surface area contributed by atoms with Gasteiger partial charge in [0.2, 0.25) is 0 Å². The zero-order chi connectivity index (χ0) is 44.9. The van der Waals surface area contributed by atoms with Crippen LogP contribution in [0.25, 0.3) is 82.8 Å². The fourth-order valence-electron chi connectivity index (χ4n) is 9.05. The molecular formula is C61H56N2O. The third kappa shape index (κ3) is 7.98. The van der Waals surface area contributed by atoms with Gasteiger partial charge in [0.1, 0.15) is 11.2 Å². The summed E-state index contributed by atoms with van der Waals surface area (Å²) in [5.74, 6) is 0. The number of allylic oxidation sites excluding steroid dienone is 8. The first kappa shape index (κ1) is 43.0. The molecule has 0 radical (unpaired) electrons. The van der Waals surface area contributed by atoms with Gasteiger partial charge >= 0.3 is 0 Å². The molecule has 0 bridgehead atoms. The summed E-state index contributed by atoms with van der Waals surface area (Å²) in [6.45, 7) is 25.0. The Kier molecular flexibility index (Phi) is 12.6. The first-order chi connectivity index (χ1) is 31.3. The molecule has 0 spiro atoms. The quantitative estimate of drug-likeness (QED) is 0.135. The third-order valence-electron chi connectivity index (χ3n) is 11.8. The van der Waals surface area contributed by atoms with E-state index >= 15 is 0 Å². The maximum atomic E-state index is 6.10. The number of furan rings is 1. The molecule has 0 atom stereocenters. The minimum absolute atomic E-state index is 0.903. The lowest BCUT2D eigenvalue weighted by Crippen LogP contribution is -2.14. The number of fused-ring (bicyclic) bond motifs is 9. The highest BCUT2D eigenvalue weighted by atomic mass is 16.3. The molecule has 2 aromatic heterocycles. The van der Waals surface area contributed by atoms with Gasteiger partial charge < -0.3 is 13.9 Å². The van der Waals surface area contributed by atoms with Crippen LogP contribution >= 0.6 is 0 Å². The molecule has 1 aliphatic rings. The molecule has 10 rings (SSSR count). The van der Waals surface area contributed by atoms with Crippen LogP contribution in [0.3, 0.4) is 0 Å². The van der Waals surface area contributed by atoms with Gasteiger partial charge in [0.25, 0.3) is 0 Å². The molecule has 3 heteroatoms. The van der Waals surface area contributed by atoms with Crippen molar-refractivity contribution in [2.24, 2.45) is 0 Å². The van der Waals surface area contributed by atoms with Crippen molar-refractivity contribution in [1.82, 2.24) is 4.57 Å². The summed E-state index contributed by atoms with van der Waals surface area (Å²) in [4.78, 5) is 2.14. The topological polar surface area (TPSA) is 21.3 Å². The maximum absolute atomic E-state index is 6.10. The van der Waals surface area contributed by atoms with Gasteiger partial charge in [-0.2, -0.15) is 0 Å². The van der Waals surface area contributed by atoms with E-state index in [1.807, 2.05) is 65.8 Å². The van der Waals surface area contributed by atoms with Crippen molar-refractivity contribution < 1.29 is 4.42 Å². The summed E-state index contributed by atoms with van der Waals surface area (Å²) in [5, 5.41) is 4.62. The monoisotopic (exact) mass is 832 g/mol. The molecule has 0 N–H and O–H groups in total. The summed E-state index contributed by atoms with van der Waals surface area (Å²) >= 11 is 0. The van der Waals surface area contributed by atoms with Gasteiger partial charge in [0.15, 0.2) is 0 Å². The van der Waals surface area contributed by atoms with Gasteiger partial charge in [-0.1, -0.05) is 155 Å². The van der Waals surface area contributed by atoms with E-state index in [0.717, 1.165) is 84.3 Å². The highest BCUT2D eigenvalue weighted by molar-refractivity contribution is 6.17. The molecule has 316 valence electrons. The van der Waals surface area contributed by atoms with Crippen LogP contribution in [0, 0.1) is 0 Å². The minimum Gasteiger partial charge on any atom is -0.456 e. The Hall–Kier alpha value is -7.62. The summed E-state index contributed by atoms with van der Waals surface area (Å²) < 4.78 is 8.47. The molecule has 3 nitrogen and oxygen atoms in total. The van der Waals surface area contributed by atoms with E-state index in [1.54, 1.807) is 0 Å². The lowest BCUT2D eigenvalue weighted by atomic mass is 9.97. The number of benzene rings is 7. The van der Waals surface area contributed by atoms with Crippen LogP contribution in [0.5, 0.6) is 0 Å². The SMILES string of the molecule is C=C(/C=C\C)c1c(N(/C=C\C)C(=C)C)ccc2c1c1ccccc1n2-c1cccc(-c2ccc3oc4ccccc4c3c2)c1.C=C(/C=C\C)c1ccc2c(c1)-c1ccccc1C2.CC. The highest BCUT2D eigenvalue weighted by Crippen LogP contribution is 2.43.